The van der Waals surface area contributed by atoms with Crippen molar-refractivity contribution in [2.45, 2.75) is 51.2 Å². The van der Waals surface area contributed by atoms with Gasteiger partial charge in [-0.3, -0.25) is 13.9 Å². The summed E-state index contributed by atoms with van der Waals surface area (Å²) in [5, 5.41) is 2.79. The van der Waals surface area contributed by atoms with Crippen molar-refractivity contribution in [2.24, 2.45) is 0 Å². The monoisotopic (exact) mass is 555 g/mol. The summed E-state index contributed by atoms with van der Waals surface area (Å²) in [6, 6.07) is 17.2. The molecule has 8 nitrogen and oxygen atoms in total. The molecule has 0 heterocycles. The highest BCUT2D eigenvalue weighted by Gasteiger charge is 2.32. The van der Waals surface area contributed by atoms with Gasteiger partial charge in [-0.05, 0) is 69.7 Å². The lowest BCUT2D eigenvalue weighted by molar-refractivity contribution is -0.139. The van der Waals surface area contributed by atoms with Crippen LogP contribution in [0.1, 0.15) is 31.9 Å². The van der Waals surface area contributed by atoms with Crippen LogP contribution in [0.3, 0.4) is 0 Å². The normalized spacial score (nSPS) is 12.1. The van der Waals surface area contributed by atoms with E-state index in [0.29, 0.717) is 11.3 Å². The van der Waals surface area contributed by atoms with E-state index in [0.717, 1.165) is 9.87 Å². The van der Waals surface area contributed by atoms with Crippen molar-refractivity contribution in [3.8, 4) is 5.75 Å². The third-order valence-electron chi connectivity index (χ3n) is 6.09. The van der Waals surface area contributed by atoms with Crippen LogP contribution in [-0.2, 0) is 26.2 Å². The van der Waals surface area contributed by atoms with E-state index in [9.17, 15) is 22.4 Å². The van der Waals surface area contributed by atoms with Gasteiger partial charge in [-0.1, -0.05) is 35.9 Å². The zero-order valence-electron chi connectivity index (χ0n) is 22.7. The van der Waals surface area contributed by atoms with Crippen molar-refractivity contribution < 1.29 is 27.1 Å². The fourth-order valence-corrected chi connectivity index (χ4v) is 5.31. The molecule has 3 aromatic rings. The minimum absolute atomic E-state index is 0.0133. The van der Waals surface area contributed by atoms with Crippen molar-refractivity contribution in [3.05, 3.63) is 89.7 Å². The number of carbonyl (C=O) groups excluding carboxylic acids is 2. The first-order valence-electron chi connectivity index (χ1n) is 12.5. The van der Waals surface area contributed by atoms with Crippen molar-refractivity contribution in [1.29, 1.82) is 0 Å². The number of sulfonamides is 1. The molecule has 0 saturated heterocycles. The Balaban J connectivity index is 2.04. The molecule has 0 aliphatic heterocycles. The smallest absolute Gasteiger partial charge is 0.264 e. The standard InChI is InChI=1S/C29H34FN3O5S/c1-20(2)31-29(35)22(4)32(18-23-11-13-24(30)14-12-23)28(34)19-33(25-7-6-8-26(17-25)38-5)39(36,37)27-15-9-21(3)10-16-27/h6-17,20,22H,18-19H2,1-5H3,(H,31,35). The molecule has 0 aromatic heterocycles. The number of amides is 2. The Kier molecular flexibility index (Phi) is 9.69. The van der Waals surface area contributed by atoms with E-state index < -0.39 is 40.2 Å². The van der Waals surface area contributed by atoms with Crippen molar-refractivity contribution >= 4 is 27.5 Å². The highest BCUT2D eigenvalue weighted by molar-refractivity contribution is 7.92. The summed E-state index contributed by atoms with van der Waals surface area (Å²) in [5.74, 6) is -1.02. The number of benzene rings is 3. The van der Waals surface area contributed by atoms with Gasteiger partial charge in [-0.15, -0.1) is 0 Å². The molecule has 10 heteroatoms. The molecule has 39 heavy (non-hydrogen) atoms. The maximum Gasteiger partial charge on any atom is 0.264 e. The molecule has 2 amide bonds. The summed E-state index contributed by atoms with van der Waals surface area (Å²) in [7, 11) is -2.73. The molecular formula is C29H34FN3O5S. The number of carbonyl (C=O) groups is 2. The molecule has 0 radical (unpaired) electrons. The summed E-state index contributed by atoms with van der Waals surface area (Å²) >= 11 is 0. The second-order valence-electron chi connectivity index (χ2n) is 9.51. The second kappa shape index (κ2) is 12.8. The molecule has 1 atom stereocenters. The van der Waals surface area contributed by atoms with E-state index >= 15 is 0 Å². The van der Waals surface area contributed by atoms with Gasteiger partial charge in [0, 0.05) is 18.7 Å². The number of hydrogen-bond acceptors (Lipinski definition) is 5. The number of nitrogens with zero attached hydrogens (tertiary/aromatic N) is 2. The Morgan fingerprint density at radius 2 is 1.62 bits per heavy atom. The van der Waals surface area contributed by atoms with Gasteiger partial charge in [0.25, 0.3) is 10.0 Å². The molecule has 3 aromatic carbocycles. The van der Waals surface area contributed by atoms with E-state index in [1.165, 1.54) is 54.5 Å². The Hall–Kier alpha value is -3.92. The van der Waals surface area contributed by atoms with Gasteiger partial charge in [0.15, 0.2) is 0 Å². The van der Waals surface area contributed by atoms with Crippen LogP contribution in [0.5, 0.6) is 5.75 Å². The largest absolute Gasteiger partial charge is 0.497 e. The minimum Gasteiger partial charge on any atom is -0.497 e. The molecule has 0 aliphatic rings. The quantitative estimate of drug-likeness (QED) is 0.381. The number of hydrogen-bond donors (Lipinski definition) is 1. The number of nitrogens with one attached hydrogen (secondary N) is 1. The van der Waals surface area contributed by atoms with Crippen LogP contribution >= 0.6 is 0 Å². The Labute approximate surface area is 229 Å². The maximum absolute atomic E-state index is 13.9. The van der Waals surface area contributed by atoms with Gasteiger partial charge in [-0.2, -0.15) is 0 Å². The number of ether oxygens (including phenoxy) is 1. The lowest BCUT2D eigenvalue weighted by Gasteiger charge is -2.32. The SMILES string of the molecule is COc1cccc(N(CC(=O)N(Cc2ccc(F)cc2)C(C)C(=O)NC(C)C)S(=O)(=O)c2ccc(C)cc2)c1. The van der Waals surface area contributed by atoms with Crippen LogP contribution in [0.4, 0.5) is 10.1 Å². The Bertz CT molecular complexity index is 1390. The minimum atomic E-state index is -4.19. The van der Waals surface area contributed by atoms with Crippen molar-refractivity contribution in [2.75, 3.05) is 18.0 Å². The lowest BCUT2D eigenvalue weighted by Crippen LogP contribution is -2.52. The third-order valence-corrected chi connectivity index (χ3v) is 7.88. The van der Waals surface area contributed by atoms with E-state index in [4.69, 9.17) is 4.74 Å². The molecule has 1 N–H and O–H groups in total. The molecule has 0 spiro atoms. The molecule has 1 unspecified atom stereocenters. The zero-order valence-corrected chi connectivity index (χ0v) is 23.5. The predicted octanol–water partition coefficient (Wildman–Crippen LogP) is 4.28. The van der Waals surface area contributed by atoms with Gasteiger partial charge in [-0.25, -0.2) is 12.8 Å². The second-order valence-corrected chi connectivity index (χ2v) is 11.4. The van der Waals surface area contributed by atoms with Crippen LogP contribution in [0, 0.1) is 12.7 Å². The fourth-order valence-electron chi connectivity index (χ4n) is 3.91. The van der Waals surface area contributed by atoms with E-state index in [1.807, 2.05) is 6.92 Å². The number of aryl methyl sites for hydroxylation is 1. The third kappa shape index (κ3) is 7.57. The average Bonchev–Trinajstić information content (AvgIpc) is 2.90. The Morgan fingerprint density at radius 1 is 0.974 bits per heavy atom. The average molecular weight is 556 g/mol. The molecule has 0 fully saturated rings. The van der Waals surface area contributed by atoms with Crippen molar-refractivity contribution in [3.63, 3.8) is 0 Å². The number of halogens is 1. The van der Waals surface area contributed by atoms with E-state index in [1.54, 1.807) is 51.1 Å². The first-order chi connectivity index (χ1) is 18.4. The molecular weight excluding hydrogens is 521 g/mol. The van der Waals surface area contributed by atoms with Crippen LogP contribution in [-0.4, -0.2) is 50.9 Å². The first kappa shape index (κ1) is 29.6. The molecule has 3 rings (SSSR count). The van der Waals surface area contributed by atoms with Gasteiger partial charge in [0.2, 0.25) is 11.8 Å². The summed E-state index contributed by atoms with van der Waals surface area (Å²) in [6.45, 7) is 6.41. The molecule has 0 aliphatic carbocycles. The summed E-state index contributed by atoms with van der Waals surface area (Å²) in [6.07, 6.45) is 0. The highest BCUT2D eigenvalue weighted by Crippen LogP contribution is 2.28. The Morgan fingerprint density at radius 3 is 2.21 bits per heavy atom. The molecule has 0 saturated carbocycles. The highest BCUT2D eigenvalue weighted by atomic mass is 32.2. The van der Waals surface area contributed by atoms with Crippen LogP contribution in [0.25, 0.3) is 0 Å². The maximum atomic E-state index is 13.9. The van der Waals surface area contributed by atoms with Crippen LogP contribution in [0.2, 0.25) is 0 Å². The van der Waals surface area contributed by atoms with Gasteiger partial charge in [0.05, 0.1) is 17.7 Å². The number of methoxy groups -OCH3 is 1. The number of rotatable bonds is 11. The lowest BCUT2D eigenvalue weighted by atomic mass is 10.1. The first-order valence-corrected chi connectivity index (χ1v) is 13.9. The fraction of sp³-hybridized carbons (Fsp3) is 0.310. The van der Waals surface area contributed by atoms with Gasteiger partial charge in [0.1, 0.15) is 24.2 Å². The van der Waals surface area contributed by atoms with Crippen molar-refractivity contribution in [1.82, 2.24) is 10.2 Å². The van der Waals surface area contributed by atoms with E-state index in [2.05, 4.69) is 5.32 Å². The molecule has 208 valence electrons. The number of anilines is 1. The summed E-state index contributed by atoms with van der Waals surface area (Å²) < 4.78 is 47.5. The predicted molar refractivity (Wildman–Crippen MR) is 148 cm³/mol. The van der Waals surface area contributed by atoms with Crippen LogP contribution in [0.15, 0.2) is 77.7 Å². The van der Waals surface area contributed by atoms with Crippen LogP contribution < -0.4 is 14.4 Å². The van der Waals surface area contributed by atoms with Gasteiger partial charge < -0.3 is 15.0 Å². The zero-order chi connectivity index (χ0) is 28.7. The summed E-state index contributed by atoms with van der Waals surface area (Å²) in [5.41, 5.74) is 1.70. The van der Waals surface area contributed by atoms with Gasteiger partial charge >= 0.3 is 0 Å². The molecule has 0 bridgehead atoms. The topological polar surface area (TPSA) is 96.0 Å². The summed E-state index contributed by atoms with van der Waals surface area (Å²) in [4.78, 5) is 28.1. The van der Waals surface area contributed by atoms with E-state index in [-0.39, 0.29) is 23.2 Å².